The molecule has 1 aromatic heterocycles. The average Bonchev–Trinajstić information content (AvgIpc) is 2.76. The van der Waals surface area contributed by atoms with E-state index in [1.165, 1.54) is 0 Å². The van der Waals surface area contributed by atoms with Crippen molar-refractivity contribution in [2.45, 2.75) is 0 Å². The lowest BCUT2D eigenvalue weighted by Crippen LogP contribution is -1.77. The standard InChI is InChI=1S/C13H7BrClNO/c14-9-6-5-8(7-10(9)15)13-16-11-3-1-2-4-12(11)17-13/h1-7H. The van der Waals surface area contributed by atoms with Crippen LogP contribution in [0.2, 0.25) is 5.02 Å². The third-order valence-corrected chi connectivity index (χ3v) is 3.69. The van der Waals surface area contributed by atoms with Crippen LogP contribution in [0.4, 0.5) is 0 Å². The normalized spacial score (nSPS) is 10.9. The molecule has 1 heterocycles. The van der Waals surface area contributed by atoms with Crippen molar-refractivity contribution in [1.29, 1.82) is 0 Å². The Morgan fingerprint density at radius 3 is 2.71 bits per heavy atom. The van der Waals surface area contributed by atoms with Gasteiger partial charge in [-0.2, -0.15) is 0 Å². The zero-order valence-electron chi connectivity index (χ0n) is 8.65. The molecule has 0 aliphatic rings. The summed E-state index contributed by atoms with van der Waals surface area (Å²) < 4.78 is 6.52. The van der Waals surface area contributed by atoms with Crippen molar-refractivity contribution in [2.24, 2.45) is 0 Å². The van der Waals surface area contributed by atoms with Gasteiger partial charge in [-0.05, 0) is 46.3 Å². The Morgan fingerprint density at radius 2 is 1.94 bits per heavy atom. The molecular weight excluding hydrogens is 302 g/mol. The molecule has 0 atom stereocenters. The number of hydrogen-bond donors (Lipinski definition) is 0. The van der Waals surface area contributed by atoms with Gasteiger partial charge in [0.15, 0.2) is 5.58 Å². The number of fused-ring (bicyclic) bond motifs is 1. The first-order valence-corrected chi connectivity index (χ1v) is 6.22. The fraction of sp³-hybridized carbons (Fsp3) is 0. The van der Waals surface area contributed by atoms with Gasteiger partial charge in [0.2, 0.25) is 5.89 Å². The Morgan fingerprint density at radius 1 is 1.12 bits per heavy atom. The number of para-hydroxylation sites is 2. The molecule has 3 aromatic rings. The second kappa shape index (κ2) is 4.17. The molecule has 84 valence electrons. The SMILES string of the molecule is Clc1cc(-c2nc3ccccc3o2)ccc1Br. The molecule has 4 heteroatoms. The molecule has 2 aromatic carbocycles. The Kier molecular flexibility index (Phi) is 2.65. The van der Waals surface area contributed by atoms with Gasteiger partial charge in [0.1, 0.15) is 5.52 Å². The number of benzene rings is 2. The van der Waals surface area contributed by atoms with Gasteiger partial charge in [-0.1, -0.05) is 23.7 Å². The Balaban J connectivity index is 2.17. The van der Waals surface area contributed by atoms with E-state index in [0.717, 1.165) is 21.1 Å². The van der Waals surface area contributed by atoms with E-state index < -0.39 is 0 Å². The van der Waals surface area contributed by atoms with Gasteiger partial charge in [0.25, 0.3) is 0 Å². The van der Waals surface area contributed by atoms with Crippen LogP contribution in [-0.4, -0.2) is 4.98 Å². The predicted molar refractivity (Wildman–Crippen MR) is 72.2 cm³/mol. The highest BCUT2D eigenvalue weighted by atomic mass is 79.9. The number of halogens is 2. The van der Waals surface area contributed by atoms with E-state index in [1.807, 2.05) is 42.5 Å². The third-order valence-electron chi connectivity index (χ3n) is 2.46. The van der Waals surface area contributed by atoms with Gasteiger partial charge in [-0.15, -0.1) is 0 Å². The second-order valence-electron chi connectivity index (χ2n) is 3.62. The Hall–Kier alpha value is -1.32. The van der Waals surface area contributed by atoms with Crippen LogP contribution in [0.3, 0.4) is 0 Å². The molecule has 3 rings (SSSR count). The number of oxazole rings is 1. The quantitative estimate of drug-likeness (QED) is 0.638. The second-order valence-corrected chi connectivity index (χ2v) is 4.88. The zero-order chi connectivity index (χ0) is 11.8. The summed E-state index contributed by atoms with van der Waals surface area (Å²) in [6.45, 7) is 0. The van der Waals surface area contributed by atoms with Gasteiger partial charge in [0, 0.05) is 10.0 Å². The van der Waals surface area contributed by atoms with Gasteiger partial charge in [-0.25, -0.2) is 4.98 Å². The van der Waals surface area contributed by atoms with Crippen LogP contribution in [0.1, 0.15) is 0 Å². The molecule has 0 saturated heterocycles. The Labute approximate surface area is 111 Å². The van der Waals surface area contributed by atoms with E-state index >= 15 is 0 Å². The van der Waals surface area contributed by atoms with Crippen LogP contribution in [0.5, 0.6) is 0 Å². The van der Waals surface area contributed by atoms with Crippen LogP contribution < -0.4 is 0 Å². The highest BCUT2D eigenvalue weighted by Crippen LogP contribution is 2.30. The lowest BCUT2D eigenvalue weighted by molar-refractivity contribution is 0.620. The maximum absolute atomic E-state index is 6.05. The summed E-state index contributed by atoms with van der Waals surface area (Å²) >= 11 is 9.40. The maximum atomic E-state index is 6.05. The van der Waals surface area contributed by atoms with Crippen molar-refractivity contribution in [2.75, 3.05) is 0 Å². The molecule has 0 fully saturated rings. The van der Waals surface area contributed by atoms with E-state index in [1.54, 1.807) is 0 Å². The fourth-order valence-electron chi connectivity index (χ4n) is 1.62. The number of hydrogen-bond acceptors (Lipinski definition) is 2. The van der Waals surface area contributed by atoms with Crippen LogP contribution in [0, 0.1) is 0 Å². The van der Waals surface area contributed by atoms with E-state index in [9.17, 15) is 0 Å². The predicted octanol–water partition coefficient (Wildman–Crippen LogP) is 4.91. The Bertz CT molecular complexity index is 660. The molecule has 0 unspecified atom stereocenters. The molecule has 2 nitrogen and oxygen atoms in total. The minimum Gasteiger partial charge on any atom is -0.436 e. The molecule has 17 heavy (non-hydrogen) atoms. The van der Waals surface area contributed by atoms with E-state index in [0.29, 0.717) is 10.9 Å². The summed E-state index contributed by atoms with van der Waals surface area (Å²) in [7, 11) is 0. The summed E-state index contributed by atoms with van der Waals surface area (Å²) in [5, 5.41) is 0.643. The number of rotatable bonds is 1. The van der Waals surface area contributed by atoms with Crippen LogP contribution in [-0.2, 0) is 0 Å². The number of nitrogens with zero attached hydrogens (tertiary/aromatic N) is 1. The van der Waals surface area contributed by atoms with Crippen LogP contribution in [0.15, 0.2) is 51.4 Å². The van der Waals surface area contributed by atoms with E-state index in [2.05, 4.69) is 20.9 Å². The highest BCUT2D eigenvalue weighted by Gasteiger charge is 2.08. The summed E-state index contributed by atoms with van der Waals surface area (Å²) in [5.41, 5.74) is 2.50. The lowest BCUT2D eigenvalue weighted by Gasteiger charge is -1.98. The minimum atomic E-state index is 0.584. The summed E-state index contributed by atoms with van der Waals surface area (Å²) in [4.78, 5) is 4.41. The molecule has 0 saturated carbocycles. The van der Waals surface area contributed by atoms with Crippen molar-refractivity contribution in [3.8, 4) is 11.5 Å². The third kappa shape index (κ3) is 1.96. The van der Waals surface area contributed by atoms with Gasteiger partial charge in [-0.3, -0.25) is 0 Å². The summed E-state index contributed by atoms with van der Waals surface area (Å²) in [6.07, 6.45) is 0. The average molecular weight is 309 g/mol. The molecule has 0 spiro atoms. The lowest BCUT2D eigenvalue weighted by atomic mass is 10.2. The zero-order valence-corrected chi connectivity index (χ0v) is 11.0. The molecule has 0 N–H and O–H groups in total. The van der Waals surface area contributed by atoms with Crippen molar-refractivity contribution >= 4 is 38.6 Å². The molecule has 0 amide bonds. The highest BCUT2D eigenvalue weighted by molar-refractivity contribution is 9.10. The maximum Gasteiger partial charge on any atom is 0.227 e. The van der Waals surface area contributed by atoms with Gasteiger partial charge < -0.3 is 4.42 Å². The molecule has 0 bridgehead atoms. The fourth-order valence-corrected chi connectivity index (χ4v) is 2.05. The molecule has 0 aliphatic carbocycles. The first-order chi connectivity index (χ1) is 8.24. The summed E-state index contributed by atoms with van der Waals surface area (Å²) in [5.74, 6) is 0.584. The van der Waals surface area contributed by atoms with Crippen molar-refractivity contribution in [1.82, 2.24) is 4.98 Å². The smallest absolute Gasteiger partial charge is 0.227 e. The van der Waals surface area contributed by atoms with Crippen molar-refractivity contribution in [3.05, 3.63) is 52.0 Å². The largest absolute Gasteiger partial charge is 0.436 e. The molecule has 0 radical (unpaired) electrons. The molecule has 0 aliphatic heterocycles. The first-order valence-electron chi connectivity index (χ1n) is 5.05. The van der Waals surface area contributed by atoms with E-state index in [4.69, 9.17) is 16.0 Å². The first kappa shape index (κ1) is 10.8. The topological polar surface area (TPSA) is 26.0 Å². The minimum absolute atomic E-state index is 0.584. The monoisotopic (exact) mass is 307 g/mol. The number of aromatic nitrogens is 1. The van der Waals surface area contributed by atoms with Gasteiger partial charge in [0.05, 0.1) is 5.02 Å². The van der Waals surface area contributed by atoms with Crippen LogP contribution >= 0.6 is 27.5 Å². The molecular formula is C13H7BrClNO. The van der Waals surface area contributed by atoms with Crippen molar-refractivity contribution < 1.29 is 4.42 Å². The van der Waals surface area contributed by atoms with Gasteiger partial charge >= 0.3 is 0 Å². The van der Waals surface area contributed by atoms with E-state index in [-0.39, 0.29) is 0 Å². The summed E-state index contributed by atoms with van der Waals surface area (Å²) in [6, 6.07) is 13.3. The van der Waals surface area contributed by atoms with Crippen molar-refractivity contribution in [3.63, 3.8) is 0 Å². The van der Waals surface area contributed by atoms with Crippen LogP contribution in [0.25, 0.3) is 22.6 Å².